The van der Waals surface area contributed by atoms with Crippen LogP contribution >= 0.6 is 23.4 Å². The summed E-state index contributed by atoms with van der Waals surface area (Å²) in [5.41, 5.74) is 6.73. The largest absolute Gasteiger partial charge is 0.376 e. The molecule has 1 aliphatic heterocycles. The molecule has 6 aromatic rings. The fraction of sp³-hybridized carbons (Fsp3) is 0.298. The third kappa shape index (κ3) is 11.9. The SMILES string of the molecule is CN(C)CC[C@@H](CSc1ccccc1)Nc1ccc(S(=O)(=O)Nc2ccc(N3CCN(c4cccc(-c5cnn(CCN(C)C)c5-c5ccc(Cl)cc5)c4)CC3)cc2)cc1[N+](=O)[O-]. The van der Waals surface area contributed by atoms with E-state index >= 15 is 0 Å². The molecule has 13 nitrogen and oxygen atoms in total. The van der Waals surface area contributed by atoms with Crippen LogP contribution in [0, 0.1) is 10.1 Å². The molecule has 1 aromatic heterocycles. The van der Waals surface area contributed by atoms with Crippen LogP contribution in [-0.2, 0) is 16.6 Å². The molecule has 2 N–H and O–H groups in total. The van der Waals surface area contributed by atoms with Gasteiger partial charge in [0.2, 0.25) is 0 Å². The molecule has 0 amide bonds. The molecule has 0 radical (unpaired) electrons. The van der Waals surface area contributed by atoms with Crippen molar-refractivity contribution in [1.82, 2.24) is 19.6 Å². The zero-order valence-electron chi connectivity index (χ0n) is 36.0. The molecule has 63 heavy (non-hydrogen) atoms. The van der Waals surface area contributed by atoms with Crippen molar-refractivity contribution in [3.05, 3.63) is 143 Å². The highest BCUT2D eigenvalue weighted by atomic mass is 35.5. The highest BCUT2D eigenvalue weighted by molar-refractivity contribution is 7.99. The van der Waals surface area contributed by atoms with Gasteiger partial charge in [-0.3, -0.25) is 19.5 Å². The van der Waals surface area contributed by atoms with Gasteiger partial charge in [-0.25, -0.2) is 8.42 Å². The van der Waals surface area contributed by atoms with Gasteiger partial charge < -0.3 is 24.9 Å². The molecular weight excluding hydrogens is 854 g/mol. The number of hydrogen-bond donors (Lipinski definition) is 2. The standard InChI is InChI=1S/C47H54ClN9O4S2/c1-52(2)24-23-39(34-62-42-11-6-5-7-12-42)50-45-22-21-43(32-46(45)57(58)59)63(60,61)51-38-17-19-40(20-18-38)54-26-28-55(29-27-54)41-10-8-9-36(31-41)44-33-49-56(30-25-53(3)4)47(44)35-13-15-37(48)16-14-35/h5-22,31-33,39,50-51H,23-30,34H2,1-4H3/t39-/m0/s1. The monoisotopic (exact) mass is 907 g/mol. The molecule has 0 saturated carbocycles. The number of thioether (sulfide) groups is 1. The van der Waals surface area contributed by atoms with E-state index in [1.807, 2.05) is 87.0 Å². The van der Waals surface area contributed by atoms with Gasteiger partial charge in [0.15, 0.2) is 0 Å². The van der Waals surface area contributed by atoms with Crippen LogP contribution in [0.1, 0.15) is 6.42 Å². The van der Waals surface area contributed by atoms with E-state index < -0.39 is 14.9 Å². The van der Waals surface area contributed by atoms with Gasteiger partial charge >= 0.3 is 0 Å². The minimum absolute atomic E-state index is 0.0979. The number of rotatable bonds is 19. The number of sulfonamides is 1. The lowest BCUT2D eigenvalue weighted by Crippen LogP contribution is -2.46. The van der Waals surface area contributed by atoms with Crippen molar-refractivity contribution >= 4 is 61.8 Å². The second-order valence-corrected chi connectivity index (χ2v) is 19.3. The van der Waals surface area contributed by atoms with Gasteiger partial charge in [-0.2, -0.15) is 5.10 Å². The van der Waals surface area contributed by atoms with E-state index in [9.17, 15) is 18.5 Å². The summed E-state index contributed by atoms with van der Waals surface area (Å²) < 4.78 is 31.9. The van der Waals surface area contributed by atoms with Gasteiger partial charge in [0.25, 0.3) is 15.7 Å². The minimum atomic E-state index is -4.13. The number of piperazine rings is 1. The molecule has 0 bridgehead atoms. The van der Waals surface area contributed by atoms with E-state index in [0.29, 0.717) is 16.5 Å². The molecule has 0 spiro atoms. The van der Waals surface area contributed by atoms with Crippen LogP contribution in [0.25, 0.3) is 22.4 Å². The Hall–Kier alpha value is -5.58. The van der Waals surface area contributed by atoms with Gasteiger partial charge in [-0.1, -0.05) is 54.1 Å². The van der Waals surface area contributed by atoms with Gasteiger partial charge in [0, 0.05) is 88.7 Å². The quantitative estimate of drug-likeness (QED) is 0.0459. The van der Waals surface area contributed by atoms with Crippen molar-refractivity contribution in [1.29, 1.82) is 0 Å². The summed E-state index contributed by atoms with van der Waals surface area (Å²) in [6.07, 6.45) is 2.69. The van der Waals surface area contributed by atoms with Crippen molar-refractivity contribution in [2.45, 2.75) is 28.8 Å². The zero-order chi connectivity index (χ0) is 44.5. The first-order chi connectivity index (χ1) is 30.3. The molecule has 330 valence electrons. The Morgan fingerprint density at radius 3 is 2.14 bits per heavy atom. The lowest BCUT2D eigenvalue weighted by atomic mass is 10.0. The molecule has 0 unspecified atom stereocenters. The molecule has 1 fully saturated rings. The average molecular weight is 909 g/mol. The molecule has 1 saturated heterocycles. The van der Waals surface area contributed by atoms with Gasteiger partial charge in [0.05, 0.1) is 28.3 Å². The third-order valence-electron chi connectivity index (χ3n) is 11.0. The number of aromatic nitrogens is 2. The Morgan fingerprint density at radius 2 is 1.48 bits per heavy atom. The summed E-state index contributed by atoms with van der Waals surface area (Å²) >= 11 is 7.92. The van der Waals surface area contributed by atoms with Crippen LogP contribution in [0.15, 0.2) is 137 Å². The van der Waals surface area contributed by atoms with E-state index in [1.165, 1.54) is 12.1 Å². The Bertz CT molecular complexity index is 2570. The number of nitro benzene ring substituents is 1. The predicted molar refractivity (Wildman–Crippen MR) is 259 cm³/mol. The molecule has 1 atom stereocenters. The number of likely N-dealkylation sites (N-methyl/N-ethyl adjacent to an activating group) is 1. The number of nitrogens with zero attached hydrogens (tertiary/aromatic N) is 7. The van der Waals surface area contributed by atoms with E-state index in [2.05, 4.69) is 72.7 Å². The highest BCUT2D eigenvalue weighted by Crippen LogP contribution is 2.36. The maximum Gasteiger partial charge on any atom is 0.293 e. The van der Waals surface area contributed by atoms with Crippen LogP contribution in [-0.4, -0.2) is 112 Å². The fourth-order valence-corrected chi connectivity index (χ4v) is 9.71. The summed E-state index contributed by atoms with van der Waals surface area (Å²) in [5.74, 6) is 0.676. The fourth-order valence-electron chi connectivity index (χ4n) is 7.52. The number of halogens is 1. The Kier molecular flexibility index (Phi) is 15.0. The second-order valence-electron chi connectivity index (χ2n) is 16.1. The van der Waals surface area contributed by atoms with Crippen LogP contribution in [0.4, 0.5) is 28.4 Å². The van der Waals surface area contributed by atoms with Crippen molar-refractivity contribution in [3.8, 4) is 22.4 Å². The molecule has 1 aliphatic rings. The lowest BCUT2D eigenvalue weighted by Gasteiger charge is -2.37. The Labute approximate surface area is 379 Å². The van der Waals surface area contributed by atoms with Crippen molar-refractivity contribution in [2.24, 2.45) is 0 Å². The average Bonchev–Trinajstić information content (AvgIpc) is 3.71. The Balaban J connectivity index is 0.988. The van der Waals surface area contributed by atoms with E-state index in [-0.39, 0.29) is 22.3 Å². The molecule has 16 heteroatoms. The van der Waals surface area contributed by atoms with Crippen LogP contribution in [0.3, 0.4) is 0 Å². The van der Waals surface area contributed by atoms with Crippen molar-refractivity contribution < 1.29 is 13.3 Å². The second kappa shape index (κ2) is 20.7. The normalized spacial score (nSPS) is 13.7. The number of hydrogen-bond acceptors (Lipinski definition) is 11. The van der Waals surface area contributed by atoms with E-state index in [1.54, 1.807) is 23.9 Å². The summed E-state index contributed by atoms with van der Waals surface area (Å²) in [7, 11) is 3.95. The van der Waals surface area contributed by atoms with Crippen molar-refractivity contribution in [3.63, 3.8) is 0 Å². The molecule has 7 rings (SSSR count). The molecular formula is C47H54ClN9O4S2. The number of nitrogens with one attached hydrogen (secondary N) is 2. The third-order valence-corrected chi connectivity index (χ3v) is 13.8. The minimum Gasteiger partial charge on any atom is -0.376 e. The summed E-state index contributed by atoms with van der Waals surface area (Å²) in [4.78, 5) is 21.5. The van der Waals surface area contributed by atoms with Gasteiger partial charge in [-0.05, 0) is 120 Å². The van der Waals surface area contributed by atoms with Gasteiger partial charge in [0.1, 0.15) is 5.69 Å². The summed E-state index contributed by atoms with van der Waals surface area (Å²) in [6.45, 7) is 5.55. The summed E-state index contributed by atoms with van der Waals surface area (Å²) in [6, 6.07) is 37.7. The Morgan fingerprint density at radius 1 is 0.794 bits per heavy atom. The molecule has 2 heterocycles. The van der Waals surface area contributed by atoms with Crippen LogP contribution in [0.2, 0.25) is 5.02 Å². The van der Waals surface area contributed by atoms with Gasteiger partial charge in [-0.15, -0.1) is 11.8 Å². The molecule has 0 aliphatic carbocycles. The van der Waals surface area contributed by atoms with E-state index in [0.717, 1.165) is 97.0 Å². The smallest absolute Gasteiger partial charge is 0.293 e. The van der Waals surface area contributed by atoms with Crippen LogP contribution in [0.5, 0.6) is 0 Å². The first-order valence-corrected chi connectivity index (χ1v) is 23.7. The molecule has 5 aromatic carbocycles. The van der Waals surface area contributed by atoms with Crippen molar-refractivity contribution in [2.75, 3.05) is 93.1 Å². The maximum atomic E-state index is 13.6. The van der Waals surface area contributed by atoms with E-state index in [4.69, 9.17) is 16.7 Å². The highest BCUT2D eigenvalue weighted by Gasteiger charge is 2.25. The topological polar surface area (TPSA) is 132 Å². The summed E-state index contributed by atoms with van der Waals surface area (Å²) in [5, 5.41) is 21.1. The number of benzene rings is 5. The maximum absolute atomic E-state index is 13.6. The first kappa shape index (κ1) is 45.4. The number of nitro groups is 1. The first-order valence-electron chi connectivity index (χ1n) is 20.9. The van der Waals surface area contributed by atoms with Crippen LogP contribution < -0.4 is 19.8 Å². The number of anilines is 4. The predicted octanol–water partition coefficient (Wildman–Crippen LogP) is 8.99. The lowest BCUT2D eigenvalue weighted by molar-refractivity contribution is -0.384. The zero-order valence-corrected chi connectivity index (χ0v) is 38.4.